The highest BCUT2D eigenvalue weighted by Gasteiger charge is 2.48. The second-order valence-corrected chi connectivity index (χ2v) is 4.91. The molecule has 3 nitrogen and oxygen atoms in total. The molecule has 1 saturated heterocycles. The maximum Gasteiger partial charge on any atom is 0.405 e. The molecule has 3 atom stereocenters. The highest BCUT2D eigenvalue weighted by molar-refractivity contribution is 4.92. The molecule has 0 spiro atoms. The van der Waals surface area contributed by atoms with E-state index in [0.717, 1.165) is 0 Å². The van der Waals surface area contributed by atoms with E-state index in [2.05, 4.69) is 0 Å². The molecule has 1 heterocycles. The summed E-state index contributed by atoms with van der Waals surface area (Å²) in [7, 11) is 1.93. The van der Waals surface area contributed by atoms with E-state index in [-0.39, 0.29) is 6.04 Å². The Bertz CT molecular complexity index is 245. The first kappa shape index (κ1) is 14.7. The summed E-state index contributed by atoms with van der Waals surface area (Å²) < 4.78 is 39.2. The number of likely N-dealkylation sites (N-methyl/N-ethyl adjacent to an activating group) is 1. The minimum Gasteiger partial charge on any atom is -0.326 e. The van der Waals surface area contributed by atoms with E-state index in [9.17, 15) is 13.2 Å². The van der Waals surface area contributed by atoms with Crippen LogP contribution in [0.2, 0.25) is 0 Å². The molecule has 17 heavy (non-hydrogen) atoms. The molecule has 0 aromatic heterocycles. The Balaban J connectivity index is 2.83. The lowest BCUT2D eigenvalue weighted by Gasteiger charge is -2.45. The molecule has 6 heteroatoms. The van der Waals surface area contributed by atoms with Crippen LogP contribution in [0.15, 0.2) is 0 Å². The van der Waals surface area contributed by atoms with Gasteiger partial charge in [0.05, 0.1) is 0 Å². The van der Waals surface area contributed by atoms with Gasteiger partial charge in [-0.1, -0.05) is 6.92 Å². The van der Waals surface area contributed by atoms with Gasteiger partial charge in [0.25, 0.3) is 0 Å². The monoisotopic (exact) mass is 253 g/mol. The van der Waals surface area contributed by atoms with Crippen LogP contribution in [-0.4, -0.2) is 60.8 Å². The van der Waals surface area contributed by atoms with Gasteiger partial charge >= 0.3 is 6.18 Å². The summed E-state index contributed by atoms with van der Waals surface area (Å²) in [6.07, 6.45) is -3.91. The minimum absolute atomic E-state index is 0.113. The average Bonchev–Trinajstić information content (AvgIpc) is 2.19. The van der Waals surface area contributed by atoms with Crippen molar-refractivity contribution in [2.45, 2.75) is 44.6 Å². The van der Waals surface area contributed by atoms with Crippen molar-refractivity contribution in [3.8, 4) is 0 Å². The summed E-state index contributed by atoms with van der Waals surface area (Å²) in [6, 6.07) is -2.48. The van der Waals surface area contributed by atoms with Crippen molar-refractivity contribution in [3.63, 3.8) is 0 Å². The summed E-state index contributed by atoms with van der Waals surface area (Å²) in [5.41, 5.74) is 5.66. The second-order valence-electron chi connectivity index (χ2n) is 4.91. The Labute approximate surface area is 101 Å². The molecule has 0 saturated carbocycles. The van der Waals surface area contributed by atoms with E-state index in [1.165, 1.54) is 4.90 Å². The smallest absolute Gasteiger partial charge is 0.326 e. The third-order valence-electron chi connectivity index (χ3n) is 3.45. The molecular formula is C11H22F3N3. The van der Waals surface area contributed by atoms with E-state index < -0.39 is 18.3 Å². The molecule has 102 valence electrons. The molecule has 3 unspecified atom stereocenters. The molecule has 2 N–H and O–H groups in total. The fraction of sp³-hybridized carbons (Fsp3) is 1.00. The van der Waals surface area contributed by atoms with Crippen molar-refractivity contribution < 1.29 is 13.2 Å². The van der Waals surface area contributed by atoms with Crippen molar-refractivity contribution in [1.29, 1.82) is 0 Å². The van der Waals surface area contributed by atoms with Crippen LogP contribution < -0.4 is 5.73 Å². The zero-order valence-electron chi connectivity index (χ0n) is 10.7. The first-order valence-corrected chi connectivity index (χ1v) is 6.04. The van der Waals surface area contributed by atoms with Gasteiger partial charge in [0, 0.05) is 31.7 Å². The zero-order chi connectivity index (χ0) is 13.2. The van der Waals surface area contributed by atoms with Crippen molar-refractivity contribution in [2.24, 2.45) is 5.73 Å². The van der Waals surface area contributed by atoms with Crippen molar-refractivity contribution >= 4 is 0 Å². The lowest BCUT2D eigenvalue weighted by molar-refractivity contribution is -0.199. The predicted octanol–water partition coefficient (Wildman–Crippen LogP) is 1.29. The Morgan fingerprint density at radius 3 is 2.35 bits per heavy atom. The Morgan fingerprint density at radius 2 is 1.94 bits per heavy atom. The summed E-state index contributed by atoms with van der Waals surface area (Å²) in [6.45, 7) is 5.27. The molecule has 0 amide bonds. The number of nitrogens with zero attached hydrogens (tertiary/aromatic N) is 2. The Kier molecular flexibility index (Phi) is 4.80. The van der Waals surface area contributed by atoms with Crippen LogP contribution in [0.3, 0.4) is 0 Å². The van der Waals surface area contributed by atoms with Crippen molar-refractivity contribution in [1.82, 2.24) is 9.80 Å². The highest BCUT2D eigenvalue weighted by Crippen LogP contribution is 2.30. The topological polar surface area (TPSA) is 32.5 Å². The van der Waals surface area contributed by atoms with Crippen molar-refractivity contribution in [2.75, 3.05) is 26.7 Å². The lowest BCUT2D eigenvalue weighted by Crippen LogP contribution is -2.63. The molecule has 0 bridgehead atoms. The van der Waals surface area contributed by atoms with Gasteiger partial charge in [0.15, 0.2) is 0 Å². The van der Waals surface area contributed by atoms with Crippen LogP contribution in [0, 0.1) is 0 Å². The number of piperazine rings is 1. The molecular weight excluding hydrogens is 231 g/mol. The fourth-order valence-corrected chi connectivity index (χ4v) is 2.47. The average molecular weight is 253 g/mol. The van der Waals surface area contributed by atoms with E-state index in [1.807, 2.05) is 18.9 Å². The Hall–Kier alpha value is -0.330. The van der Waals surface area contributed by atoms with Crippen LogP contribution in [-0.2, 0) is 0 Å². The van der Waals surface area contributed by atoms with Crippen LogP contribution in [0.25, 0.3) is 0 Å². The van der Waals surface area contributed by atoms with Crippen LogP contribution in [0.5, 0.6) is 0 Å². The normalized spacial score (nSPS) is 28.1. The SMILES string of the molecule is CCC(N)C(N1CCN(C)CC1C)C(F)(F)F. The highest BCUT2D eigenvalue weighted by atomic mass is 19.4. The number of alkyl halides is 3. The number of halogens is 3. The van der Waals surface area contributed by atoms with Gasteiger partial charge in [-0.25, -0.2) is 0 Å². The van der Waals surface area contributed by atoms with Crippen LogP contribution in [0.4, 0.5) is 13.2 Å². The molecule has 1 aliphatic heterocycles. The maximum absolute atomic E-state index is 13.1. The van der Waals surface area contributed by atoms with Crippen LogP contribution in [0.1, 0.15) is 20.3 Å². The van der Waals surface area contributed by atoms with Gasteiger partial charge in [0.2, 0.25) is 0 Å². The lowest BCUT2D eigenvalue weighted by atomic mass is 10.0. The molecule has 0 aliphatic carbocycles. The third-order valence-corrected chi connectivity index (χ3v) is 3.45. The number of hydrogen-bond donors (Lipinski definition) is 1. The molecule has 0 aromatic carbocycles. The zero-order valence-corrected chi connectivity index (χ0v) is 10.7. The summed E-state index contributed by atoms with van der Waals surface area (Å²) >= 11 is 0. The standard InChI is InChI=1S/C11H22F3N3/c1-4-9(15)10(11(12,13)14)17-6-5-16(3)7-8(17)2/h8-10H,4-7,15H2,1-3H3. The molecule has 1 aliphatic rings. The fourth-order valence-electron chi connectivity index (χ4n) is 2.47. The largest absolute Gasteiger partial charge is 0.405 e. The second kappa shape index (κ2) is 5.54. The molecule has 0 aromatic rings. The third kappa shape index (κ3) is 3.56. The van der Waals surface area contributed by atoms with E-state index in [4.69, 9.17) is 5.73 Å². The van der Waals surface area contributed by atoms with Crippen LogP contribution >= 0.6 is 0 Å². The first-order valence-electron chi connectivity index (χ1n) is 6.04. The van der Waals surface area contributed by atoms with Gasteiger partial charge in [0.1, 0.15) is 6.04 Å². The van der Waals surface area contributed by atoms with Gasteiger partial charge in [-0.3, -0.25) is 4.90 Å². The number of nitrogens with two attached hydrogens (primary N) is 1. The van der Waals surface area contributed by atoms with E-state index in [1.54, 1.807) is 6.92 Å². The summed E-state index contributed by atoms with van der Waals surface area (Å²) in [5, 5.41) is 0. The first-order chi connectivity index (χ1) is 7.77. The van der Waals surface area contributed by atoms with E-state index in [0.29, 0.717) is 26.1 Å². The molecule has 0 radical (unpaired) electrons. The minimum atomic E-state index is -4.25. The van der Waals surface area contributed by atoms with Gasteiger partial charge in [-0.15, -0.1) is 0 Å². The van der Waals surface area contributed by atoms with Gasteiger partial charge in [-0.05, 0) is 20.4 Å². The quantitative estimate of drug-likeness (QED) is 0.822. The van der Waals surface area contributed by atoms with Gasteiger partial charge in [-0.2, -0.15) is 13.2 Å². The molecule has 1 rings (SSSR count). The van der Waals surface area contributed by atoms with Gasteiger partial charge < -0.3 is 10.6 Å². The summed E-state index contributed by atoms with van der Waals surface area (Å²) in [5.74, 6) is 0. The maximum atomic E-state index is 13.1. The predicted molar refractivity (Wildman–Crippen MR) is 61.8 cm³/mol. The molecule has 1 fully saturated rings. The number of hydrogen-bond acceptors (Lipinski definition) is 3. The van der Waals surface area contributed by atoms with Crippen molar-refractivity contribution in [3.05, 3.63) is 0 Å². The number of rotatable bonds is 3. The summed E-state index contributed by atoms with van der Waals surface area (Å²) in [4.78, 5) is 3.56. The van der Waals surface area contributed by atoms with E-state index >= 15 is 0 Å². The Morgan fingerprint density at radius 1 is 1.35 bits per heavy atom.